The van der Waals surface area contributed by atoms with Crippen LogP contribution in [0, 0.1) is 0 Å². The Bertz CT molecular complexity index is 703. The number of hydrogen-bond acceptors (Lipinski definition) is 2. The highest BCUT2D eigenvalue weighted by Crippen LogP contribution is 2.40. The van der Waals surface area contributed by atoms with E-state index < -0.39 is 15.2 Å². The Hall–Kier alpha value is -0.650. The maximum Gasteiger partial charge on any atom is 0.280 e. The van der Waals surface area contributed by atoms with Crippen molar-refractivity contribution in [3.63, 3.8) is 0 Å². The molecule has 2 aromatic carbocycles. The van der Waals surface area contributed by atoms with Crippen molar-refractivity contribution < 1.29 is 9.90 Å². The van der Waals surface area contributed by atoms with E-state index in [1.807, 2.05) is 0 Å². The van der Waals surface area contributed by atoms with E-state index >= 15 is 0 Å². The van der Waals surface area contributed by atoms with Crippen molar-refractivity contribution in [2.75, 3.05) is 4.90 Å². The minimum atomic E-state index is -2.19. The maximum absolute atomic E-state index is 12.5. The number of rotatable bonds is 3. The lowest BCUT2D eigenvalue weighted by Crippen LogP contribution is -2.40. The van der Waals surface area contributed by atoms with Gasteiger partial charge in [0.25, 0.3) is 9.70 Å². The lowest BCUT2D eigenvalue weighted by atomic mass is 10.1. The average Bonchev–Trinajstić information content (AvgIpc) is 2.48. The molecule has 1 amide bonds. The van der Waals surface area contributed by atoms with Crippen LogP contribution in [-0.4, -0.2) is 14.8 Å². The molecule has 0 spiro atoms. The van der Waals surface area contributed by atoms with Gasteiger partial charge in [-0.05, 0) is 30.3 Å². The van der Waals surface area contributed by atoms with Crippen molar-refractivity contribution in [1.82, 2.24) is 0 Å². The van der Waals surface area contributed by atoms with E-state index in [0.717, 1.165) is 9.37 Å². The van der Waals surface area contributed by atoms with Crippen molar-refractivity contribution in [2.45, 2.75) is 9.29 Å². The maximum atomic E-state index is 12.5. The van der Waals surface area contributed by atoms with Gasteiger partial charge in [-0.3, -0.25) is 9.69 Å². The second-order valence-electron chi connectivity index (χ2n) is 4.54. The molecule has 8 heteroatoms. The number of aromatic hydroxyl groups is 1. The van der Waals surface area contributed by atoms with Gasteiger partial charge in [0.15, 0.2) is 0 Å². The summed E-state index contributed by atoms with van der Waals surface area (Å²) in [6, 6.07) is 13.1. The molecule has 0 saturated carbocycles. The van der Waals surface area contributed by atoms with E-state index in [4.69, 9.17) is 46.4 Å². The number of benzene rings is 2. The molecule has 0 fully saturated rings. The van der Waals surface area contributed by atoms with Crippen LogP contribution in [0.4, 0.5) is 5.69 Å². The molecule has 2 rings (SSSR count). The van der Waals surface area contributed by atoms with Crippen LogP contribution in [0.1, 0.15) is 11.1 Å². The fourth-order valence-electron chi connectivity index (χ4n) is 1.92. The number of halogens is 5. The van der Waals surface area contributed by atoms with Crippen LogP contribution in [0.15, 0.2) is 53.0 Å². The Morgan fingerprint density at radius 1 is 1.09 bits per heavy atom. The summed E-state index contributed by atoms with van der Waals surface area (Å²) in [5, 5.41) is 9.98. The number of anilines is 1. The largest absolute Gasteiger partial charge is 0.508 e. The molecule has 0 bridgehead atoms. The van der Waals surface area contributed by atoms with E-state index in [-0.39, 0.29) is 5.75 Å². The molecular formula is C15H10BrCl4NO2. The first kappa shape index (κ1) is 18.7. The van der Waals surface area contributed by atoms with E-state index in [2.05, 4.69) is 15.9 Å². The second kappa shape index (κ2) is 7.49. The standard InChI is InChI=1S/C15H10BrCl4NO2/c16-9-5-7-10(8-6-9)21(14(23)15(18,19)20)13(17)11-3-1-2-4-12(11)22/h1-8,13,22H/t13-/m0/s1. The zero-order valence-corrected chi connectivity index (χ0v) is 16.0. The Labute approximate surface area is 161 Å². The summed E-state index contributed by atoms with van der Waals surface area (Å²) < 4.78 is -1.37. The highest BCUT2D eigenvalue weighted by atomic mass is 79.9. The first-order valence-corrected chi connectivity index (χ1v) is 8.66. The summed E-state index contributed by atoms with van der Waals surface area (Å²) in [5.41, 5.74) is -0.312. The summed E-state index contributed by atoms with van der Waals surface area (Å²) in [6.45, 7) is 0. The van der Waals surface area contributed by atoms with E-state index in [0.29, 0.717) is 11.3 Å². The third-order valence-corrected chi connectivity index (χ3v) is 4.43. The number of phenols is 1. The van der Waals surface area contributed by atoms with Gasteiger partial charge >= 0.3 is 0 Å². The van der Waals surface area contributed by atoms with Gasteiger partial charge in [-0.2, -0.15) is 0 Å². The minimum absolute atomic E-state index is 0.0632. The van der Waals surface area contributed by atoms with Crippen molar-refractivity contribution in [3.05, 3.63) is 58.6 Å². The molecular weight excluding hydrogens is 448 g/mol. The molecule has 0 aliphatic heterocycles. The first-order chi connectivity index (χ1) is 10.7. The van der Waals surface area contributed by atoms with Crippen LogP contribution in [-0.2, 0) is 4.79 Å². The number of nitrogens with zero attached hydrogens (tertiary/aromatic N) is 1. The summed E-state index contributed by atoms with van der Waals surface area (Å²) in [4.78, 5) is 13.6. The van der Waals surface area contributed by atoms with Gasteiger partial charge in [0.05, 0.1) is 0 Å². The smallest absolute Gasteiger partial charge is 0.280 e. The van der Waals surface area contributed by atoms with Crippen LogP contribution in [0.3, 0.4) is 0 Å². The number of amides is 1. The highest BCUT2D eigenvalue weighted by Gasteiger charge is 2.39. The molecule has 2 aromatic rings. The SMILES string of the molecule is O=C(N(c1ccc(Br)cc1)[C@H](Cl)c1ccccc1O)C(Cl)(Cl)Cl. The van der Waals surface area contributed by atoms with Crippen molar-refractivity contribution in [3.8, 4) is 5.75 Å². The minimum Gasteiger partial charge on any atom is -0.508 e. The molecule has 0 heterocycles. The average molecular weight is 458 g/mol. The topological polar surface area (TPSA) is 40.5 Å². The quantitative estimate of drug-likeness (QED) is 0.467. The van der Waals surface area contributed by atoms with Crippen LogP contribution < -0.4 is 4.90 Å². The lowest BCUT2D eigenvalue weighted by molar-refractivity contribution is -0.118. The van der Waals surface area contributed by atoms with Crippen molar-refractivity contribution in [2.24, 2.45) is 0 Å². The predicted molar refractivity (Wildman–Crippen MR) is 98.6 cm³/mol. The molecule has 122 valence electrons. The van der Waals surface area contributed by atoms with Gasteiger partial charge in [-0.15, -0.1) is 0 Å². The van der Waals surface area contributed by atoms with Gasteiger partial charge in [-0.25, -0.2) is 0 Å². The Morgan fingerprint density at radius 3 is 2.17 bits per heavy atom. The summed E-state index contributed by atoms with van der Waals surface area (Å²) in [5.74, 6) is -0.889. The fourth-order valence-corrected chi connectivity index (χ4v) is 2.84. The molecule has 1 atom stereocenters. The van der Waals surface area contributed by atoms with E-state index in [1.165, 1.54) is 6.07 Å². The van der Waals surface area contributed by atoms with Crippen LogP contribution >= 0.6 is 62.3 Å². The molecule has 0 aliphatic carbocycles. The molecule has 3 nitrogen and oxygen atoms in total. The van der Waals surface area contributed by atoms with E-state index in [1.54, 1.807) is 42.5 Å². The number of hydrogen-bond donors (Lipinski definition) is 1. The van der Waals surface area contributed by atoms with Gasteiger partial charge in [-0.1, -0.05) is 80.5 Å². The number of alkyl halides is 4. The molecule has 0 aromatic heterocycles. The van der Waals surface area contributed by atoms with Crippen LogP contribution in [0.25, 0.3) is 0 Å². The molecule has 0 radical (unpaired) electrons. The van der Waals surface area contributed by atoms with Crippen LogP contribution in [0.2, 0.25) is 0 Å². The molecule has 23 heavy (non-hydrogen) atoms. The van der Waals surface area contributed by atoms with Crippen molar-refractivity contribution in [1.29, 1.82) is 0 Å². The normalized spacial score (nSPS) is 12.7. The van der Waals surface area contributed by atoms with Crippen molar-refractivity contribution >= 4 is 73.9 Å². The highest BCUT2D eigenvalue weighted by molar-refractivity contribution is 9.10. The third-order valence-electron chi connectivity index (χ3n) is 2.99. The number of phenolic OH excluding ortho intramolecular Hbond substituents is 1. The molecule has 1 N–H and O–H groups in total. The first-order valence-electron chi connectivity index (χ1n) is 6.29. The van der Waals surface area contributed by atoms with Gasteiger partial charge in [0.2, 0.25) is 0 Å². The van der Waals surface area contributed by atoms with E-state index in [9.17, 15) is 9.90 Å². The number of para-hydroxylation sites is 1. The monoisotopic (exact) mass is 455 g/mol. The molecule has 0 aliphatic rings. The Kier molecular flexibility index (Phi) is 6.09. The number of carbonyl (C=O) groups is 1. The van der Waals surface area contributed by atoms with Crippen LogP contribution in [0.5, 0.6) is 5.75 Å². The summed E-state index contributed by atoms with van der Waals surface area (Å²) in [7, 11) is 0. The van der Waals surface area contributed by atoms with Gasteiger partial charge < -0.3 is 5.11 Å². The summed E-state index contributed by atoms with van der Waals surface area (Å²) >= 11 is 26.9. The zero-order chi connectivity index (χ0) is 17.2. The molecule has 0 saturated heterocycles. The molecule has 0 unspecified atom stereocenters. The second-order valence-corrected chi connectivity index (χ2v) is 8.15. The number of carbonyl (C=O) groups excluding carboxylic acids is 1. The van der Waals surface area contributed by atoms with Gasteiger partial charge in [0, 0.05) is 15.7 Å². The third kappa shape index (κ3) is 4.46. The lowest BCUT2D eigenvalue weighted by Gasteiger charge is -2.30. The zero-order valence-electron chi connectivity index (χ0n) is 11.4. The fraction of sp³-hybridized carbons (Fsp3) is 0.133. The Morgan fingerprint density at radius 2 is 1.65 bits per heavy atom. The predicted octanol–water partition coefficient (Wildman–Crippen LogP) is 5.80. The van der Waals surface area contributed by atoms with Gasteiger partial charge in [0.1, 0.15) is 11.3 Å². The Balaban J connectivity index is 2.51. The summed E-state index contributed by atoms with van der Waals surface area (Å²) in [6.07, 6.45) is 0.